The molecule has 0 unspecified atom stereocenters. The molecular weight excluding hydrogens is 273 g/mol. The quantitative estimate of drug-likeness (QED) is 0.728. The summed E-state index contributed by atoms with van der Waals surface area (Å²) in [6.45, 7) is 3.47. The maximum atomic E-state index is 12.5. The van der Waals surface area contributed by atoms with Crippen LogP contribution >= 0.6 is 0 Å². The molecule has 0 radical (unpaired) electrons. The third kappa shape index (κ3) is 4.93. The highest BCUT2D eigenvalue weighted by molar-refractivity contribution is 5.73. The number of urea groups is 1. The van der Waals surface area contributed by atoms with Gasteiger partial charge in [-0.15, -0.1) is 6.58 Å². The minimum Gasteiger partial charge on any atom is -0.387 e. The highest BCUT2D eigenvalue weighted by atomic mass is 19.4. The van der Waals surface area contributed by atoms with E-state index in [4.69, 9.17) is 0 Å². The van der Waals surface area contributed by atoms with Gasteiger partial charge in [0.2, 0.25) is 0 Å². The number of aliphatic hydroxyl groups is 1. The molecule has 2 amide bonds. The van der Waals surface area contributed by atoms with E-state index in [0.29, 0.717) is 0 Å². The van der Waals surface area contributed by atoms with Crippen LogP contribution in [0.4, 0.5) is 18.0 Å². The van der Waals surface area contributed by atoms with Gasteiger partial charge in [0.1, 0.15) is 0 Å². The van der Waals surface area contributed by atoms with Crippen molar-refractivity contribution in [1.29, 1.82) is 0 Å². The fourth-order valence-electron chi connectivity index (χ4n) is 1.46. The molecule has 0 saturated heterocycles. The average Bonchev–Trinajstić information content (AvgIpc) is 2.41. The molecule has 0 aliphatic carbocycles. The number of alkyl halides is 3. The van der Waals surface area contributed by atoms with Gasteiger partial charge >= 0.3 is 12.2 Å². The lowest BCUT2D eigenvalue weighted by Crippen LogP contribution is -2.37. The Bertz CT molecular complexity index is 475. The number of carbonyl (C=O) groups is 1. The highest BCUT2D eigenvalue weighted by Crippen LogP contribution is 2.30. The summed E-state index contributed by atoms with van der Waals surface area (Å²) in [7, 11) is 0. The molecule has 20 heavy (non-hydrogen) atoms. The van der Waals surface area contributed by atoms with Crippen LogP contribution in [0.5, 0.6) is 0 Å². The number of aliphatic hydroxyl groups excluding tert-OH is 1. The third-order valence-corrected chi connectivity index (χ3v) is 2.46. The first-order valence-corrected chi connectivity index (χ1v) is 5.82. The van der Waals surface area contributed by atoms with Gasteiger partial charge in [0.25, 0.3) is 0 Å². The predicted octanol–water partition coefficient (Wildman–Crippen LogP) is 2.22. The molecular formula is C13H15F3N2O2. The number of halogens is 3. The number of hydrogen-bond donors (Lipinski definition) is 3. The van der Waals surface area contributed by atoms with Crippen molar-refractivity contribution in [1.82, 2.24) is 10.6 Å². The lowest BCUT2D eigenvalue weighted by Gasteiger charge is -2.14. The molecule has 4 nitrogen and oxygen atoms in total. The van der Waals surface area contributed by atoms with Gasteiger partial charge in [-0.3, -0.25) is 0 Å². The summed E-state index contributed by atoms with van der Waals surface area (Å²) in [6, 6.07) is 3.81. The Morgan fingerprint density at radius 2 is 2.10 bits per heavy atom. The van der Waals surface area contributed by atoms with Crippen molar-refractivity contribution in [2.75, 3.05) is 13.1 Å². The highest BCUT2D eigenvalue weighted by Gasteiger charge is 2.30. The van der Waals surface area contributed by atoms with Crippen molar-refractivity contribution in [3.05, 3.63) is 48.0 Å². The molecule has 3 N–H and O–H groups in total. The van der Waals surface area contributed by atoms with Crippen LogP contribution in [-0.4, -0.2) is 24.2 Å². The lowest BCUT2D eigenvalue weighted by molar-refractivity contribution is -0.137. The fraction of sp³-hybridized carbons (Fsp3) is 0.308. The Morgan fingerprint density at radius 1 is 1.40 bits per heavy atom. The molecule has 1 atom stereocenters. The number of nitrogens with one attached hydrogen (secondary N) is 2. The van der Waals surface area contributed by atoms with Gasteiger partial charge in [-0.2, -0.15) is 13.2 Å². The maximum Gasteiger partial charge on any atom is 0.416 e. The van der Waals surface area contributed by atoms with E-state index in [1.54, 1.807) is 0 Å². The second-order valence-corrected chi connectivity index (χ2v) is 4.02. The van der Waals surface area contributed by atoms with E-state index in [1.807, 2.05) is 0 Å². The van der Waals surface area contributed by atoms with Gasteiger partial charge in [0.05, 0.1) is 11.7 Å². The first kappa shape index (κ1) is 16.0. The summed E-state index contributed by atoms with van der Waals surface area (Å²) >= 11 is 0. The molecule has 0 fully saturated rings. The van der Waals surface area contributed by atoms with Crippen LogP contribution in [0.25, 0.3) is 0 Å². The predicted molar refractivity (Wildman–Crippen MR) is 68.0 cm³/mol. The molecule has 0 spiro atoms. The van der Waals surface area contributed by atoms with Crippen LogP contribution in [0.3, 0.4) is 0 Å². The van der Waals surface area contributed by atoms with E-state index in [1.165, 1.54) is 18.2 Å². The van der Waals surface area contributed by atoms with Gasteiger partial charge < -0.3 is 15.7 Å². The van der Waals surface area contributed by atoms with E-state index in [-0.39, 0.29) is 18.7 Å². The van der Waals surface area contributed by atoms with Gasteiger partial charge in [-0.05, 0) is 17.7 Å². The van der Waals surface area contributed by atoms with E-state index >= 15 is 0 Å². The normalized spacial score (nSPS) is 12.6. The summed E-state index contributed by atoms with van der Waals surface area (Å²) in [6.07, 6.45) is -4.21. The zero-order chi connectivity index (χ0) is 15.2. The topological polar surface area (TPSA) is 61.4 Å². The number of carbonyl (C=O) groups excluding carboxylic acids is 1. The zero-order valence-corrected chi connectivity index (χ0v) is 10.6. The summed E-state index contributed by atoms with van der Waals surface area (Å²) in [5.74, 6) is 0. The number of benzene rings is 1. The molecule has 0 saturated carbocycles. The third-order valence-electron chi connectivity index (χ3n) is 2.46. The molecule has 0 heterocycles. The molecule has 1 rings (SSSR count). The van der Waals surface area contributed by atoms with Crippen LogP contribution in [0.15, 0.2) is 36.9 Å². The Balaban J connectivity index is 2.61. The van der Waals surface area contributed by atoms with Crippen LogP contribution in [0, 0.1) is 0 Å². The Morgan fingerprint density at radius 3 is 2.70 bits per heavy atom. The van der Waals surface area contributed by atoms with Crippen molar-refractivity contribution in [3.63, 3.8) is 0 Å². The molecule has 1 aromatic rings. The van der Waals surface area contributed by atoms with Gasteiger partial charge in [-0.1, -0.05) is 18.2 Å². The Labute approximate surface area is 114 Å². The largest absolute Gasteiger partial charge is 0.416 e. The van der Waals surface area contributed by atoms with Crippen molar-refractivity contribution in [2.45, 2.75) is 12.3 Å². The van der Waals surface area contributed by atoms with Crippen LogP contribution < -0.4 is 10.6 Å². The van der Waals surface area contributed by atoms with Crippen LogP contribution in [0.2, 0.25) is 0 Å². The summed E-state index contributed by atoms with van der Waals surface area (Å²) in [5.41, 5.74) is -0.756. The molecule has 7 heteroatoms. The minimum atomic E-state index is -4.47. The van der Waals surface area contributed by atoms with Crippen molar-refractivity contribution >= 4 is 6.03 Å². The first-order valence-electron chi connectivity index (χ1n) is 5.82. The molecule has 110 valence electrons. The molecule has 0 aliphatic rings. The Kier molecular flexibility index (Phi) is 5.57. The first-order chi connectivity index (χ1) is 9.34. The second-order valence-electron chi connectivity index (χ2n) is 4.02. The SMILES string of the molecule is C=CCNC(=O)NC[C@H](O)c1cccc(C(F)(F)F)c1. The summed E-state index contributed by atoms with van der Waals surface area (Å²) in [5, 5.41) is 14.5. The van der Waals surface area contributed by atoms with Gasteiger partial charge in [-0.25, -0.2) is 4.79 Å². The number of amides is 2. The van der Waals surface area contributed by atoms with Gasteiger partial charge in [0, 0.05) is 13.1 Å². The fourth-order valence-corrected chi connectivity index (χ4v) is 1.46. The number of hydrogen-bond acceptors (Lipinski definition) is 2. The standard InChI is InChI=1S/C13H15F3N2O2/c1-2-6-17-12(20)18-8-11(19)9-4-3-5-10(7-9)13(14,15)16/h2-5,7,11,19H,1,6,8H2,(H2,17,18,20)/t11-/m0/s1. The second kappa shape index (κ2) is 6.95. The van der Waals surface area contributed by atoms with Crippen molar-refractivity contribution < 1.29 is 23.1 Å². The maximum absolute atomic E-state index is 12.5. The molecule has 0 aromatic heterocycles. The van der Waals surface area contributed by atoms with Crippen molar-refractivity contribution in [2.24, 2.45) is 0 Å². The smallest absolute Gasteiger partial charge is 0.387 e. The Hall–Kier alpha value is -2.02. The summed E-state index contributed by atoms with van der Waals surface area (Å²) < 4.78 is 37.5. The van der Waals surface area contributed by atoms with E-state index < -0.39 is 23.9 Å². The zero-order valence-electron chi connectivity index (χ0n) is 10.6. The minimum absolute atomic E-state index is 0.0869. The van der Waals surface area contributed by atoms with Crippen LogP contribution in [-0.2, 0) is 6.18 Å². The van der Waals surface area contributed by atoms with Crippen LogP contribution in [0.1, 0.15) is 17.2 Å². The van der Waals surface area contributed by atoms with Crippen molar-refractivity contribution in [3.8, 4) is 0 Å². The van der Waals surface area contributed by atoms with E-state index in [2.05, 4.69) is 17.2 Å². The van der Waals surface area contributed by atoms with E-state index in [9.17, 15) is 23.1 Å². The molecule has 0 aliphatic heterocycles. The average molecular weight is 288 g/mol. The summed E-state index contributed by atoms with van der Waals surface area (Å²) in [4.78, 5) is 11.2. The number of rotatable bonds is 5. The van der Waals surface area contributed by atoms with Gasteiger partial charge in [0.15, 0.2) is 0 Å². The lowest BCUT2D eigenvalue weighted by atomic mass is 10.1. The van der Waals surface area contributed by atoms with E-state index in [0.717, 1.165) is 12.1 Å². The molecule has 0 bridgehead atoms. The molecule has 1 aromatic carbocycles. The monoisotopic (exact) mass is 288 g/mol.